The number of pyridine rings is 1. The molecule has 1 aromatic heterocycles. The number of benzene rings is 1. The number of nitrogens with one attached hydrogen (secondary N) is 1. The molecular weight excluding hydrogens is 236 g/mol. The second kappa shape index (κ2) is 5.55. The van der Waals surface area contributed by atoms with Gasteiger partial charge in [-0.15, -0.1) is 0 Å². The van der Waals surface area contributed by atoms with Gasteiger partial charge in [-0.05, 0) is 35.9 Å². The normalized spacial score (nSPS) is 10.0. The van der Waals surface area contributed by atoms with E-state index in [4.69, 9.17) is 16.3 Å². The molecule has 1 aromatic carbocycles. The lowest BCUT2D eigenvalue weighted by Crippen LogP contribution is -1.96. The molecule has 88 valence electrons. The zero-order chi connectivity index (χ0) is 12.1. The molecule has 2 rings (SSSR count). The summed E-state index contributed by atoms with van der Waals surface area (Å²) in [6.45, 7) is 0.487. The van der Waals surface area contributed by atoms with Crippen LogP contribution in [0.25, 0.3) is 0 Å². The second-order valence-corrected chi connectivity index (χ2v) is 3.95. The Balaban J connectivity index is 2.04. The van der Waals surface area contributed by atoms with E-state index in [1.807, 2.05) is 37.4 Å². The van der Waals surface area contributed by atoms with Crippen molar-refractivity contribution in [3.05, 3.63) is 53.3 Å². The first kappa shape index (κ1) is 11.7. The molecule has 0 aliphatic rings. The Kier molecular flexibility index (Phi) is 3.83. The van der Waals surface area contributed by atoms with E-state index in [1.165, 1.54) is 0 Å². The molecule has 0 fully saturated rings. The van der Waals surface area contributed by atoms with Gasteiger partial charge in [-0.1, -0.05) is 11.6 Å². The lowest BCUT2D eigenvalue weighted by molar-refractivity contribution is 0.306. The van der Waals surface area contributed by atoms with Gasteiger partial charge in [0, 0.05) is 25.1 Å². The standard InChI is InChI=1S/C13H13ClN2O/c1-15-11-2-3-13(12(14)8-11)17-9-10-4-6-16-7-5-10/h2-8,15H,9H2,1H3. The van der Waals surface area contributed by atoms with Crippen LogP contribution in [0.15, 0.2) is 42.7 Å². The lowest BCUT2D eigenvalue weighted by Gasteiger charge is -2.09. The number of halogens is 1. The quantitative estimate of drug-likeness (QED) is 0.901. The van der Waals surface area contributed by atoms with E-state index in [0.29, 0.717) is 17.4 Å². The SMILES string of the molecule is CNc1ccc(OCc2ccncc2)c(Cl)c1. The number of hydrogen-bond donors (Lipinski definition) is 1. The molecule has 0 radical (unpaired) electrons. The highest BCUT2D eigenvalue weighted by Gasteiger charge is 2.02. The summed E-state index contributed by atoms with van der Waals surface area (Å²) >= 11 is 6.10. The summed E-state index contributed by atoms with van der Waals surface area (Å²) in [7, 11) is 1.85. The van der Waals surface area contributed by atoms with Crippen LogP contribution in [0.1, 0.15) is 5.56 Å². The van der Waals surface area contributed by atoms with Crippen molar-refractivity contribution < 1.29 is 4.74 Å². The highest BCUT2D eigenvalue weighted by atomic mass is 35.5. The van der Waals surface area contributed by atoms with Crippen LogP contribution in [-0.2, 0) is 6.61 Å². The Bertz CT molecular complexity index is 488. The molecular formula is C13H13ClN2O. The smallest absolute Gasteiger partial charge is 0.138 e. The minimum atomic E-state index is 0.487. The van der Waals surface area contributed by atoms with E-state index < -0.39 is 0 Å². The van der Waals surface area contributed by atoms with Gasteiger partial charge in [-0.25, -0.2) is 0 Å². The zero-order valence-corrected chi connectivity index (χ0v) is 10.2. The number of rotatable bonds is 4. The van der Waals surface area contributed by atoms with Crippen molar-refractivity contribution in [3.63, 3.8) is 0 Å². The molecule has 0 atom stereocenters. The van der Waals surface area contributed by atoms with Gasteiger partial charge in [0.1, 0.15) is 12.4 Å². The van der Waals surface area contributed by atoms with Crippen LogP contribution in [0.5, 0.6) is 5.75 Å². The van der Waals surface area contributed by atoms with E-state index in [0.717, 1.165) is 11.3 Å². The van der Waals surface area contributed by atoms with Crippen LogP contribution in [-0.4, -0.2) is 12.0 Å². The topological polar surface area (TPSA) is 34.1 Å². The Morgan fingerprint density at radius 1 is 1.24 bits per heavy atom. The van der Waals surface area contributed by atoms with Crippen molar-refractivity contribution >= 4 is 17.3 Å². The van der Waals surface area contributed by atoms with Gasteiger partial charge in [0.15, 0.2) is 0 Å². The minimum absolute atomic E-state index is 0.487. The van der Waals surface area contributed by atoms with Crippen LogP contribution in [0.4, 0.5) is 5.69 Å². The van der Waals surface area contributed by atoms with Crippen molar-refractivity contribution in [1.82, 2.24) is 4.98 Å². The summed E-state index contributed by atoms with van der Waals surface area (Å²) in [6.07, 6.45) is 3.48. The molecule has 0 spiro atoms. The summed E-state index contributed by atoms with van der Waals surface area (Å²) in [5.41, 5.74) is 2.03. The summed E-state index contributed by atoms with van der Waals surface area (Å²) in [6, 6.07) is 9.44. The molecule has 1 N–H and O–H groups in total. The fourth-order valence-electron chi connectivity index (χ4n) is 1.41. The molecule has 0 saturated heterocycles. The zero-order valence-electron chi connectivity index (χ0n) is 9.48. The van der Waals surface area contributed by atoms with Crippen LogP contribution in [0.3, 0.4) is 0 Å². The average molecular weight is 249 g/mol. The Morgan fingerprint density at radius 2 is 2.00 bits per heavy atom. The van der Waals surface area contributed by atoms with Crippen LogP contribution in [0, 0.1) is 0 Å². The second-order valence-electron chi connectivity index (χ2n) is 3.54. The van der Waals surface area contributed by atoms with E-state index in [9.17, 15) is 0 Å². The molecule has 2 aromatic rings. The summed E-state index contributed by atoms with van der Waals surface area (Å²) < 4.78 is 5.63. The maximum Gasteiger partial charge on any atom is 0.138 e. The first-order valence-electron chi connectivity index (χ1n) is 5.28. The van der Waals surface area contributed by atoms with Gasteiger partial charge >= 0.3 is 0 Å². The number of nitrogens with zero attached hydrogens (tertiary/aromatic N) is 1. The average Bonchev–Trinajstić information content (AvgIpc) is 2.38. The van der Waals surface area contributed by atoms with Crippen LogP contribution >= 0.6 is 11.6 Å². The maximum absolute atomic E-state index is 6.10. The molecule has 0 unspecified atom stereocenters. The number of anilines is 1. The molecule has 0 aliphatic heterocycles. The fraction of sp³-hybridized carbons (Fsp3) is 0.154. The van der Waals surface area contributed by atoms with E-state index in [2.05, 4.69) is 10.3 Å². The predicted molar refractivity (Wildman–Crippen MR) is 69.6 cm³/mol. The molecule has 17 heavy (non-hydrogen) atoms. The third-order valence-corrected chi connectivity index (χ3v) is 2.66. The largest absolute Gasteiger partial charge is 0.487 e. The maximum atomic E-state index is 6.10. The Labute approximate surface area is 105 Å². The fourth-order valence-corrected chi connectivity index (χ4v) is 1.65. The molecule has 3 nitrogen and oxygen atoms in total. The minimum Gasteiger partial charge on any atom is -0.487 e. The molecule has 0 saturated carbocycles. The number of aromatic nitrogens is 1. The van der Waals surface area contributed by atoms with Crippen LogP contribution in [0.2, 0.25) is 5.02 Å². The van der Waals surface area contributed by atoms with Crippen molar-refractivity contribution in [3.8, 4) is 5.75 Å². The third kappa shape index (κ3) is 3.11. The molecule has 0 amide bonds. The third-order valence-electron chi connectivity index (χ3n) is 2.36. The van der Waals surface area contributed by atoms with Gasteiger partial charge in [0.05, 0.1) is 5.02 Å². The number of hydrogen-bond acceptors (Lipinski definition) is 3. The Morgan fingerprint density at radius 3 is 2.65 bits per heavy atom. The molecule has 4 heteroatoms. The van der Waals surface area contributed by atoms with Crippen molar-refractivity contribution in [2.45, 2.75) is 6.61 Å². The van der Waals surface area contributed by atoms with Crippen molar-refractivity contribution in [2.75, 3.05) is 12.4 Å². The van der Waals surface area contributed by atoms with Crippen molar-refractivity contribution in [1.29, 1.82) is 0 Å². The van der Waals surface area contributed by atoms with Gasteiger partial charge in [-0.2, -0.15) is 0 Å². The van der Waals surface area contributed by atoms with Gasteiger partial charge < -0.3 is 10.1 Å². The summed E-state index contributed by atoms with van der Waals surface area (Å²) in [4.78, 5) is 3.95. The first-order valence-corrected chi connectivity index (χ1v) is 5.66. The summed E-state index contributed by atoms with van der Waals surface area (Å²) in [5, 5.41) is 3.62. The predicted octanol–water partition coefficient (Wildman–Crippen LogP) is 3.36. The van der Waals surface area contributed by atoms with E-state index in [-0.39, 0.29) is 0 Å². The summed E-state index contributed by atoms with van der Waals surface area (Å²) in [5.74, 6) is 0.683. The molecule has 0 bridgehead atoms. The highest BCUT2D eigenvalue weighted by molar-refractivity contribution is 6.32. The number of ether oxygens (including phenoxy) is 1. The van der Waals surface area contributed by atoms with E-state index >= 15 is 0 Å². The monoisotopic (exact) mass is 248 g/mol. The van der Waals surface area contributed by atoms with E-state index in [1.54, 1.807) is 12.4 Å². The van der Waals surface area contributed by atoms with Crippen molar-refractivity contribution in [2.24, 2.45) is 0 Å². The highest BCUT2D eigenvalue weighted by Crippen LogP contribution is 2.28. The van der Waals surface area contributed by atoms with Gasteiger partial charge in [0.2, 0.25) is 0 Å². The molecule has 0 aliphatic carbocycles. The molecule has 1 heterocycles. The van der Waals surface area contributed by atoms with Gasteiger partial charge in [-0.3, -0.25) is 4.98 Å². The lowest BCUT2D eigenvalue weighted by atomic mass is 10.3. The van der Waals surface area contributed by atoms with Crippen LogP contribution < -0.4 is 10.1 Å². The van der Waals surface area contributed by atoms with Gasteiger partial charge in [0.25, 0.3) is 0 Å². The Hall–Kier alpha value is -1.74. The first-order chi connectivity index (χ1) is 8.29.